The largest absolute Gasteiger partial charge is 0.443 e. The van der Waals surface area contributed by atoms with Gasteiger partial charge in [-0.15, -0.1) is 0 Å². The number of aryl methyl sites for hydroxylation is 1. The molecule has 0 saturated carbocycles. The van der Waals surface area contributed by atoms with Gasteiger partial charge in [-0.25, -0.2) is 14.8 Å². The predicted molar refractivity (Wildman–Crippen MR) is 201 cm³/mol. The van der Waals surface area contributed by atoms with Crippen molar-refractivity contribution >= 4 is 31.7 Å². The van der Waals surface area contributed by atoms with E-state index in [1.807, 2.05) is 43.8 Å². The lowest BCUT2D eigenvalue weighted by Gasteiger charge is -2.39. The number of ether oxygens (including phenoxy) is 2. The summed E-state index contributed by atoms with van der Waals surface area (Å²) in [5.41, 5.74) is 3.89. The van der Waals surface area contributed by atoms with Crippen LogP contribution < -0.4 is 10.2 Å². The first kappa shape index (κ1) is 39.0. The molecule has 1 aliphatic rings. The average Bonchev–Trinajstić information content (AvgIpc) is 3.55. The van der Waals surface area contributed by atoms with E-state index >= 15 is 0 Å². The molecule has 3 heterocycles. The van der Waals surface area contributed by atoms with Gasteiger partial charge in [0.05, 0.1) is 34.5 Å². The summed E-state index contributed by atoms with van der Waals surface area (Å²) in [6.45, 7) is 25.3. The summed E-state index contributed by atoms with van der Waals surface area (Å²) in [5, 5.41) is 18.6. The average molecular weight is 704 g/mol. The van der Waals surface area contributed by atoms with Crippen LogP contribution in [0.25, 0.3) is 11.3 Å². The Morgan fingerprint density at radius 3 is 2.52 bits per heavy atom. The number of rotatable bonds is 13. The highest BCUT2D eigenvalue weighted by atomic mass is 28.4. The molecule has 0 spiro atoms. The van der Waals surface area contributed by atoms with E-state index in [4.69, 9.17) is 18.9 Å². The first-order valence-electron chi connectivity index (χ1n) is 17.7. The number of nitrogens with zero attached hydrogens (tertiary/aromatic N) is 6. The third-order valence-corrected chi connectivity index (χ3v) is 14.1. The van der Waals surface area contributed by atoms with Gasteiger partial charge in [0.15, 0.2) is 8.32 Å². The topological polar surface area (TPSA) is 127 Å². The SMILES string of the molecule is COCCCn1ncc(Nc2nccc(-c3cc(C#N)c4c(c3)[C@@](C)(CO[Si](C)(C)C(C)(C)C)CN4C(=O)OC(C)(C)C)n2)c1CCC(C)C. The second kappa shape index (κ2) is 15.2. The third-order valence-electron chi connectivity index (χ3n) is 9.65. The number of benzene rings is 1. The molecule has 0 saturated heterocycles. The van der Waals surface area contributed by atoms with Crippen molar-refractivity contribution in [2.75, 3.05) is 37.1 Å². The Hall–Kier alpha value is -3.79. The van der Waals surface area contributed by atoms with Crippen LogP contribution in [-0.2, 0) is 32.3 Å². The van der Waals surface area contributed by atoms with Crippen LogP contribution in [0.2, 0.25) is 18.1 Å². The standard InChI is InChI=1S/C38H57N7O4Si/c1-26(2)14-15-32-31(23-41-45(32)18-13-19-47-10)43-34-40-17-16-30(42-34)27-20-28(22-39)33-29(21-27)38(9,25-48-50(11,12)37(6,7)8)24-44(33)35(46)49-36(3,4)5/h16-17,20-21,23,26H,13-15,18-19,24-25H2,1-12H3,(H,40,42,43)/t38-/m1/s1. The minimum Gasteiger partial charge on any atom is -0.443 e. The first-order chi connectivity index (χ1) is 23.3. The molecule has 12 heteroatoms. The molecule has 3 aromatic rings. The van der Waals surface area contributed by atoms with Crippen molar-refractivity contribution in [1.29, 1.82) is 5.26 Å². The van der Waals surface area contributed by atoms with E-state index in [2.05, 4.69) is 76.1 Å². The van der Waals surface area contributed by atoms with E-state index in [0.29, 0.717) is 48.6 Å². The molecule has 50 heavy (non-hydrogen) atoms. The summed E-state index contributed by atoms with van der Waals surface area (Å²) in [6.07, 6.45) is 5.82. The zero-order chi connectivity index (χ0) is 37.1. The van der Waals surface area contributed by atoms with E-state index in [9.17, 15) is 10.1 Å². The highest BCUT2D eigenvalue weighted by Gasteiger charge is 2.47. The van der Waals surface area contributed by atoms with Crippen LogP contribution in [0.4, 0.5) is 22.1 Å². The highest BCUT2D eigenvalue weighted by Crippen LogP contribution is 2.47. The van der Waals surface area contributed by atoms with Gasteiger partial charge in [0, 0.05) is 50.6 Å². The predicted octanol–water partition coefficient (Wildman–Crippen LogP) is 8.62. The van der Waals surface area contributed by atoms with E-state index < -0.39 is 25.4 Å². The second-order valence-corrected chi connectivity index (χ2v) is 21.4. The summed E-state index contributed by atoms with van der Waals surface area (Å²) in [6, 6.07) is 8.05. The fourth-order valence-electron chi connectivity index (χ4n) is 5.74. The summed E-state index contributed by atoms with van der Waals surface area (Å²) in [7, 11) is -0.430. The van der Waals surface area contributed by atoms with Gasteiger partial charge in [-0.1, -0.05) is 41.5 Å². The third kappa shape index (κ3) is 9.10. The first-order valence-corrected chi connectivity index (χ1v) is 20.6. The summed E-state index contributed by atoms with van der Waals surface area (Å²) >= 11 is 0. The smallest absolute Gasteiger partial charge is 0.414 e. The van der Waals surface area contributed by atoms with Gasteiger partial charge >= 0.3 is 6.09 Å². The maximum absolute atomic E-state index is 13.6. The van der Waals surface area contributed by atoms with E-state index in [-0.39, 0.29) is 5.04 Å². The minimum atomic E-state index is -2.14. The fraction of sp³-hybridized carbons (Fsp3) is 0.605. The molecule has 272 valence electrons. The summed E-state index contributed by atoms with van der Waals surface area (Å²) in [5.74, 6) is 0.978. The van der Waals surface area contributed by atoms with E-state index in [1.54, 1.807) is 24.3 Å². The molecule has 0 unspecified atom stereocenters. The zero-order valence-electron chi connectivity index (χ0n) is 32.2. The molecule has 11 nitrogen and oxygen atoms in total. The number of methoxy groups -OCH3 is 1. The maximum Gasteiger partial charge on any atom is 0.414 e. The van der Waals surface area contributed by atoms with Crippen LogP contribution in [-0.4, -0.2) is 66.6 Å². The number of amides is 1. The van der Waals surface area contributed by atoms with Crippen LogP contribution >= 0.6 is 0 Å². The van der Waals surface area contributed by atoms with Crippen molar-refractivity contribution in [1.82, 2.24) is 19.7 Å². The van der Waals surface area contributed by atoms with Crippen molar-refractivity contribution < 1.29 is 18.7 Å². The summed E-state index contributed by atoms with van der Waals surface area (Å²) < 4.78 is 19.9. The van der Waals surface area contributed by atoms with Crippen molar-refractivity contribution in [3.63, 3.8) is 0 Å². The lowest BCUT2D eigenvalue weighted by atomic mass is 9.83. The number of anilines is 3. The molecule has 0 fully saturated rings. The van der Waals surface area contributed by atoms with Gasteiger partial charge in [0.2, 0.25) is 5.95 Å². The van der Waals surface area contributed by atoms with Gasteiger partial charge < -0.3 is 19.2 Å². The molecule has 0 bridgehead atoms. The lowest BCUT2D eigenvalue weighted by Crippen LogP contribution is -2.46. The molecule has 1 atom stereocenters. The van der Waals surface area contributed by atoms with Crippen molar-refractivity contribution in [3.8, 4) is 17.3 Å². The van der Waals surface area contributed by atoms with Gasteiger partial charge in [-0.2, -0.15) is 10.4 Å². The van der Waals surface area contributed by atoms with E-state index in [1.165, 1.54) is 0 Å². The zero-order valence-corrected chi connectivity index (χ0v) is 33.2. The molecular weight excluding hydrogens is 647 g/mol. The Morgan fingerprint density at radius 2 is 1.90 bits per heavy atom. The molecule has 1 N–H and O–H groups in total. The summed E-state index contributed by atoms with van der Waals surface area (Å²) in [4.78, 5) is 24.7. The van der Waals surface area contributed by atoms with Crippen LogP contribution in [0.3, 0.4) is 0 Å². The van der Waals surface area contributed by atoms with E-state index in [0.717, 1.165) is 48.3 Å². The minimum absolute atomic E-state index is 0.00867. The Labute approximate surface area is 299 Å². The van der Waals surface area contributed by atoms with Gasteiger partial charge in [0.25, 0.3) is 0 Å². The van der Waals surface area contributed by atoms with Gasteiger partial charge in [-0.05, 0) is 87.8 Å². The number of carbonyl (C=O) groups excluding carboxylic acids is 1. The normalized spacial score (nSPS) is 16.4. The second-order valence-electron chi connectivity index (χ2n) is 16.6. The van der Waals surface area contributed by atoms with Crippen molar-refractivity contribution in [3.05, 3.63) is 47.4 Å². The number of nitriles is 1. The molecule has 1 aliphatic heterocycles. The number of aromatic nitrogens is 4. The Balaban J connectivity index is 1.75. The number of carbonyl (C=O) groups is 1. The molecule has 4 rings (SSSR count). The fourth-order valence-corrected chi connectivity index (χ4v) is 6.85. The van der Waals surface area contributed by atoms with Gasteiger partial charge in [0.1, 0.15) is 11.7 Å². The number of nitrogens with one attached hydrogen (secondary N) is 1. The van der Waals surface area contributed by atoms with Crippen LogP contribution in [0.15, 0.2) is 30.6 Å². The molecule has 0 radical (unpaired) electrons. The molecule has 2 aromatic heterocycles. The number of fused-ring (bicyclic) bond motifs is 1. The molecular formula is C38H57N7O4Si. The van der Waals surface area contributed by atoms with Crippen LogP contribution in [0, 0.1) is 17.2 Å². The molecule has 1 amide bonds. The maximum atomic E-state index is 13.6. The quantitative estimate of drug-likeness (QED) is 0.137. The Bertz CT molecular complexity index is 1700. The monoisotopic (exact) mass is 703 g/mol. The highest BCUT2D eigenvalue weighted by molar-refractivity contribution is 6.74. The van der Waals surface area contributed by atoms with Crippen molar-refractivity contribution in [2.24, 2.45) is 5.92 Å². The van der Waals surface area contributed by atoms with Crippen molar-refractivity contribution in [2.45, 2.75) is 117 Å². The Morgan fingerprint density at radius 1 is 1.18 bits per heavy atom. The Kier molecular flexibility index (Phi) is 11.9. The number of hydrogen-bond acceptors (Lipinski definition) is 9. The number of hydrogen-bond donors (Lipinski definition) is 1. The lowest BCUT2D eigenvalue weighted by molar-refractivity contribution is 0.0575. The van der Waals surface area contributed by atoms with Gasteiger partial charge in [-0.3, -0.25) is 9.58 Å². The molecule has 1 aromatic carbocycles. The van der Waals surface area contributed by atoms with Crippen LogP contribution in [0.5, 0.6) is 0 Å². The molecule has 0 aliphatic carbocycles. The van der Waals surface area contributed by atoms with Crippen LogP contribution in [0.1, 0.15) is 92.0 Å².